The van der Waals surface area contributed by atoms with Gasteiger partial charge in [-0.1, -0.05) is 18.2 Å². The van der Waals surface area contributed by atoms with Crippen molar-refractivity contribution in [2.45, 2.75) is 20.0 Å². The van der Waals surface area contributed by atoms with Gasteiger partial charge in [0.1, 0.15) is 5.75 Å². The molecule has 1 aromatic carbocycles. The second-order valence-electron chi connectivity index (χ2n) is 6.30. The highest BCUT2D eigenvalue weighted by Crippen LogP contribution is 2.32. The van der Waals surface area contributed by atoms with Crippen LogP contribution in [0.2, 0.25) is 0 Å². The first-order valence-corrected chi connectivity index (χ1v) is 9.06. The summed E-state index contributed by atoms with van der Waals surface area (Å²) in [6, 6.07) is 7.78. The van der Waals surface area contributed by atoms with Crippen LogP contribution < -0.4 is 4.74 Å². The Bertz CT molecular complexity index is 677. The minimum absolute atomic E-state index is 0.0913. The Hall–Kier alpha value is -1.79. The number of amides is 1. The van der Waals surface area contributed by atoms with E-state index in [0.717, 1.165) is 42.7 Å². The number of amidine groups is 1. The van der Waals surface area contributed by atoms with E-state index >= 15 is 0 Å². The molecule has 128 valence electrons. The summed E-state index contributed by atoms with van der Waals surface area (Å²) in [6.45, 7) is 7.81. The number of thioether (sulfide) groups is 1. The van der Waals surface area contributed by atoms with Crippen molar-refractivity contribution in [2.75, 3.05) is 33.2 Å². The number of piperazine rings is 1. The normalized spacial score (nSPS) is 20.8. The molecule has 0 bridgehead atoms. The van der Waals surface area contributed by atoms with E-state index in [1.807, 2.05) is 44.2 Å². The zero-order chi connectivity index (χ0) is 17.1. The lowest BCUT2D eigenvalue weighted by Crippen LogP contribution is -2.46. The van der Waals surface area contributed by atoms with Gasteiger partial charge in [0, 0.05) is 31.7 Å². The number of rotatable bonds is 3. The average molecular weight is 345 g/mol. The van der Waals surface area contributed by atoms with Crippen molar-refractivity contribution in [3.8, 4) is 5.75 Å². The molecule has 1 fully saturated rings. The van der Waals surface area contributed by atoms with Crippen molar-refractivity contribution in [1.29, 1.82) is 0 Å². The van der Waals surface area contributed by atoms with E-state index in [-0.39, 0.29) is 12.0 Å². The number of nitrogens with zero attached hydrogens (tertiary/aromatic N) is 3. The Balaban J connectivity index is 1.75. The standard InChI is InChI=1S/C18H23N3O2S/c1-13(2)23-15-7-5-4-6-14(15)12-16-17(22)19-18(24-16)21-10-8-20(3)9-11-21/h4-7,12-13H,8-11H2,1-3H3/b16-12-. The van der Waals surface area contributed by atoms with Gasteiger partial charge in [-0.3, -0.25) is 4.79 Å². The van der Waals surface area contributed by atoms with Crippen LogP contribution in [0.5, 0.6) is 5.75 Å². The summed E-state index contributed by atoms with van der Waals surface area (Å²) in [5.74, 6) is 0.634. The minimum Gasteiger partial charge on any atom is -0.490 e. The van der Waals surface area contributed by atoms with Crippen molar-refractivity contribution in [1.82, 2.24) is 9.80 Å². The second kappa shape index (κ2) is 7.40. The van der Waals surface area contributed by atoms with Crippen LogP contribution >= 0.6 is 11.8 Å². The molecule has 2 aliphatic rings. The zero-order valence-corrected chi connectivity index (χ0v) is 15.2. The molecular weight excluding hydrogens is 322 g/mol. The van der Waals surface area contributed by atoms with Crippen LogP contribution in [0, 0.1) is 0 Å². The lowest BCUT2D eigenvalue weighted by molar-refractivity contribution is -0.113. The van der Waals surface area contributed by atoms with Gasteiger partial charge in [-0.15, -0.1) is 0 Å². The number of likely N-dealkylation sites (N-methyl/N-ethyl adjacent to an activating group) is 1. The van der Waals surface area contributed by atoms with Gasteiger partial charge in [-0.2, -0.15) is 4.99 Å². The number of benzene rings is 1. The van der Waals surface area contributed by atoms with E-state index in [9.17, 15) is 4.79 Å². The Kier molecular flexibility index (Phi) is 5.26. The van der Waals surface area contributed by atoms with Gasteiger partial charge in [0.2, 0.25) is 0 Å². The molecule has 1 aromatic rings. The van der Waals surface area contributed by atoms with E-state index in [0.29, 0.717) is 4.91 Å². The van der Waals surface area contributed by atoms with Gasteiger partial charge in [-0.05, 0) is 44.8 Å². The van der Waals surface area contributed by atoms with Crippen molar-refractivity contribution in [2.24, 2.45) is 4.99 Å². The highest BCUT2D eigenvalue weighted by Gasteiger charge is 2.28. The SMILES string of the molecule is CC(C)Oc1ccccc1/C=C1\SC(N2CCN(C)CC2)=NC1=O. The highest BCUT2D eigenvalue weighted by molar-refractivity contribution is 8.18. The maximum absolute atomic E-state index is 12.3. The Morgan fingerprint density at radius 3 is 2.62 bits per heavy atom. The largest absolute Gasteiger partial charge is 0.490 e. The summed E-state index contributed by atoms with van der Waals surface area (Å²) in [7, 11) is 2.11. The van der Waals surface area contributed by atoms with Crippen LogP contribution in [-0.2, 0) is 4.79 Å². The summed E-state index contributed by atoms with van der Waals surface area (Å²) in [4.78, 5) is 21.7. The van der Waals surface area contributed by atoms with Crippen LogP contribution in [0.1, 0.15) is 19.4 Å². The fourth-order valence-corrected chi connectivity index (χ4v) is 3.59. The average Bonchev–Trinajstić information content (AvgIpc) is 2.90. The molecule has 0 aliphatic carbocycles. The van der Waals surface area contributed by atoms with Crippen LogP contribution in [0.15, 0.2) is 34.2 Å². The predicted molar refractivity (Wildman–Crippen MR) is 99.3 cm³/mol. The molecule has 0 radical (unpaired) electrons. The second-order valence-corrected chi connectivity index (χ2v) is 7.31. The third kappa shape index (κ3) is 3.99. The Labute approximate surface area is 147 Å². The van der Waals surface area contributed by atoms with Crippen LogP contribution in [0.4, 0.5) is 0 Å². The molecule has 1 saturated heterocycles. The van der Waals surface area contributed by atoms with E-state index in [1.165, 1.54) is 11.8 Å². The lowest BCUT2D eigenvalue weighted by Gasteiger charge is -2.32. The van der Waals surface area contributed by atoms with Crippen molar-refractivity contribution in [3.63, 3.8) is 0 Å². The summed E-state index contributed by atoms with van der Waals surface area (Å²) in [5.41, 5.74) is 0.914. The van der Waals surface area contributed by atoms with E-state index < -0.39 is 0 Å². The number of para-hydroxylation sites is 1. The number of carbonyl (C=O) groups is 1. The predicted octanol–water partition coefficient (Wildman–Crippen LogP) is 2.69. The number of ether oxygens (including phenoxy) is 1. The van der Waals surface area contributed by atoms with Crippen LogP contribution in [0.3, 0.4) is 0 Å². The van der Waals surface area contributed by atoms with Gasteiger partial charge in [-0.25, -0.2) is 0 Å². The number of carbonyl (C=O) groups excluding carboxylic acids is 1. The highest BCUT2D eigenvalue weighted by atomic mass is 32.2. The van der Waals surface area contributed by atoms with Gasteiger partial charge in [0.05, 0.1) is 11.0 Å². The maximum atomic E-state index is 12.3. The van der Waals surface area contributed by atoms with Crippen LogP contribution in [0.25, 0.3) is 6.08 Å². The molecule has 0 unspecified atom stereocenters. The Morgan fingerprint density at radius 1 is 1.21 bits per heavy atom. The van der Waals surface area contributed by atoms with Gasteiger partial charge in [0.15, 0.2) is 5.17 Å². The van der Waals surface area contributed by atoms with E-state index in [1.54, 1.807) is 0 Å². The van der Waals surface area contributed by atoms with Gasteiger partial charge < -0.3 is 14.5 Å². The molecular formula is C18H23N3O2S. The molecule has 2 aliphatic heterocycles. The fourth-order valence-electron chi connectivity index (χ4n) is 2.63. The van der Waals surface area contributed by atoms with E-state index in [2.05, 4.69) is 21.8 Å². The molecule has 3 rings (SSSR count). The summed E-state index contributed by atoms with van der Waals surface area (Å²) < 4.78 is 5.83. The van der Waals surface area contributed by atoms with E-state index in [4.69, 9.17) is 4.74 Å². The smallest absolute Gasteiger partial charge is 0.286 e. The number of aliphatic imine (C=N–C) groups is 1. The third-order valence-corrected chi connectivity index (χ3v) is 5.00. The molecule has 0 saturated carbocycles. The summed E-state index contributed by atoms with van der Waals surface area (Å²) in [5, 5.41) is 0.821. The van der Waals surface area contributed by atoms with Gasteiger partial charge >= 0.3 is 0 Å². The molecule has 0 aromatic heterocycles. The topological polar surface area (TPSA) is 45.1 Å². The molecule has 2 heterocycles. The third-order valence-electron chi connectivity index (χ3n) is 3.95. The fraction of sp³-hybridized carbons (Fsp3) is 0.444. The molecule has 1 amide bonds. The number of hydrogen-bond donors (Lipinski definition) is 0. The zero-order valence-electron chi connectivity index (χ0n) is 14.4. The molecule has 0 atom stereocenters. The van der Waals surface area contributed by atoms with Gasteiger partial charge in [0.25, 0.3) is 5.91 Å². The molecule has 0 N–H and O–H groups in total. The van der Waals surface area contributed by atoms with Crippen molar-refractivity contribution < 1.29 is 9.53 Å². The molecule has 5 nitrogen and oxygen atoms in total. The monoisotopic (exact) mass is 345 g/mol. The van der Waals surface area contributed by atoms with Crippen molar-refractivity contribution in [3.05, 3.63) is 34.7 Å². The lowest BCUT2D eigenvalue weighted by atomic mass is 10.2. The number of hydrogen-bond acceptors (Lipinski definition) is 5. The quantitative estimate of drug-likeness (QED) is 0.788. The molecule has 6 heteroatoms. The maximum Gasteiger partial charge on any atom is 0.286 e. The molecule has 0 spiro atoms. The van der Waals surface area contributed by atoms with Crippen molar-refractivity contribution >= 4 is 28.9 Å². The van der Waals surface area contributed by atoms with Crippen LogP contribution in [-0.4, -0.2) is 60.2 Å². The minimum atomic E-state index is -0.159. The first-order valence-electron chi connectivity index (χ1n) is 8.24. The molecule has 24 heavy (non-hydrogen) atoms. The Morgan fingerprint density at radius 2 is 1.92 bits per heavy atom. The summed E-state index contributed by atoms with van der Waals surface area (Å²) >= 11 is 1.46. The first kappa shape index (κ1) is 17.0. The summed E-state index contributed by atoms with van der Waals surface area (Å²) in [6.07, 6.45) is 1.98. The first-order chi connectivity index (χ1) is 11.5.